The molecule has 0 N–H and O–H groups in total. The topological polar surface area (TPSA) is 9.23 Å². The first-order valence-electron chi connectivity index (χ1n) is 3.53. The fourth-order valence-electron chi connectivity index (χ4n) is 0.786. The molecule has 0 aliphatic heterocycles. The van der Waals surface area contributed by atoms with Crippen molar-refractivity contribution >= 4 is 0 Å². The first-order chi connectivity index (χ1) is 6.15. The van der Waals surface area contributed by atoms with Crippen molar-refractivity contribution in [3.8, 4) is 5.75 Å². The van der Waals surface area contributed by atoms with Crippen molar-refractivity contribution in [3.05, 3.63) is 42.2 Å². The average molecular weight is 188 g/mol. The van der Waals surface area contributed by atoms with Gasteiger partial charge in [-0.2, -0.15) is 4.39 Å². The van der Waals surface area contributed by atoms with Gasteiger partial charge in [-0.25, -0.2) is 8.78 Å². The van der Waals surface area contributed by atoms with Crippen LogP contribution in [0.4, 0.5) is 13.2 Å². The molecule has 0 aliphatic rings. The Bertz CT molecular complexity index is 323. The third-order valence-electron chi connectivity index (χ3n) is 1.32. The summed E-state index contributed by atoms with van der Waals surface area (Å²) >= 11 is 0. The molecule has 1 aromatic rings. The van der Waals surface area contributed by atoms with Crippen LogP contribution in [-0.4, -0.2) is 6.61 Å². The highest BCUT2D eigenvalue weighted by atomic mass is 19.2. The summed E-state index contributed by atoms with van der Waals surface area (Å²) in [7, 11) is 0. The van der Waals surface area contributed by atoms with Crippen molar-refractivity contribution in [2.24, 2.45) is 0 Å². The van der Waals surface area contributed by atoms with E-state index in [9.17, 15) is 13.2 Å². The van der Waals surface area contributed by atoms with Crippen LogP contribution in [0.25, 0.3) is 0 Å². The lowest BCUT2D eigenvalue weighted by atomic mass is 10.3. The van der Waals surface area contributed by atoms with Crippen LogP contribution < -0.4 is 4.74 Å². The molecule has 1 nitrogen and oxygen atoms in total. The van der Waals surface area contributed by atoms with Gasteiger partial charge in [0.15, 0.2) is 11.6 Å². The van der Waals surface area contributed by atoms with E-state index in [1.54, 1.807) is 0 Å². The molecule has 0 saturated carbocycles. The van der Waals surface area contributed by atoms with Crippen molar-refractivity contribution in [2.45, 2.75) is 0 Å². The molecule has 0 amide bonds. The maximum atomic E-state index is 12.8. The molecule has 0 bridgehead atoms. The minimum Gasteiger partial charge on any atom is -0.486 e. The molecule has 0 fully saturated rings. The van der Waals surface area contributed by atoms with Gasteiger partial charge in [-0.15, -0.1) is 0 Å². The maximum absolute atomic E-state index is 12.8. The van der Waals surface area contributed by atoms with Crippen molar-refractivity contribution in [2.75, 3.05) is 6.61 Å². The molecule has 1 rings (SSSR count). The molecule has 4 heteroatoms. The van der Waals surface area contributed by atoms with Gasteiger partial charge in [-0.1, -0.05) is 12.7 Å². The molecule has 0 heterocycles. The molecule has 0 unspecified atom stereocenters. The lowest BCUT2D eigenvalue weighted by molar-refractivity contribution is 0.329. The minimum absolute atomic E-state index is 0.000185. The minimum atomic E-state index is -1.26. The Balaban J connectivity index is 2.98. The Morgan fingerprint density at radius 1 is 1.31 bits per heavy atom. The van der Waals surface area contributed by atoms with Crippen LogP contribution in [0.3, 0.4) is 0 Å². The SMILES string of the molecule is C=CCOc1cc(F)cc(F)c1F. The summed E-state index contributed by atoms with van der Waals surface area (Å²) in [4.78, 5) is 0. The number of hydrogen-bond acceptors (Lipinski definition) is 1. The predicted octanol–water partition coefficient (Wildman–Crippen LogP) is 2.67. The molecule has 0 spiro atoms. The normalized spacial score (nSPS) is 9.77. The zero-order chi connectivity index (χ0) is 9.84. The van der Waals surface area contributed by atoms with E-state index in [1.807, 2.05) is 0 Å². The lowest BCUT2D eigenvalue weighted by Crippen LogP contribution is -1.98. The van der Waals surface area contributed by atoms with Crippen LogP contribution in [-0.2, 0) is 0 Å². The smallest absolute Gasteiger partial charge is 0.200 e. The van der Waals surface area contributed by atoms with Gasteiger partial charge in [-0.05, 0) is 0 Å². The second-order valence-corrected chi connectivity index (χ2v) is 2.30. The monoisotopic (exact) mass is 188 g/mol. The van der Waals surface area contributed by atoms with E-state index in [2.05, 4.69) is 11.3 Å². The standard InChI is InChI=1S/C9H7F3O/c1-2-3-13-8-5-6(10)4-7(11)9(8)12/h2,4-5H,1,3H2. The highest BCUT2D eigenvalue weighted by molar-refractivity contribution is 5.26. The highest BCUT2D eigenvalue weighted by Crippen LogP contribution is 2.21. The molecule has 0 aliphatic carbocycles. The Hall–Kier alpha value is -1.45. The second kappa shape index (κ2) is 3.98. The number of benzene rings is 1. The third kappa shape index (κ3) is 2.24. The summed E-state index contributed by atoms with van der Waals surface area (Å²) in [6.45, 7) is 3.32. The summed E-state index contributed by atoms with van der Waals surface area (Å²) in [6, 6.07) is 1.23. The van der Waals surface area contributed by atoms with Gasteiger partial charge in [0.1, 0.15) is 12.4 Å². The van der Waals surface area contributed by atoms with Gasteiger partial charge >= 0.3 is 0 Å². The van der Waals surface area contributed by atoms with Crippen LogP contribution in [0, 0.1) is 17.5 Å². The van der Waals surface area contributed by atoms with Crippen molar-refractivity contribution < 1.29 is 17.9 Å². The molecule has 13 heavy (non-hydrogen) atoms. The number of ether oxygens (including phenoxy) is 1. The van der Waals surface area contributed by atoms with Crippen LogP contribution in [0.5, 0.6) is 5.75 Å². The van der Waals surface area contributed by atoms with Gasteiger partial charge in [0.25, 0.3) is 0 Å². The highest BCUT2D eigenvalue weighted by Gasteiger charge is 2.11. The summed E-state index contributed by atoms with van der Waals surface area (Å²) in [5, 5.41) is 0. The zero-order valence-corrected chi connectivity index (χ0v) is 6.69. The molecule has 1 aromatic carbocycles. The van der Waals surface area contributed by atoms with Gasteiger partial charge in [-0.3, -0.25) is 0 Å². The third-order valence-corrected chi connectivity index (χ3v) is 1.32. The fourth-order valence-corrected chi connectivity index (χ4v) is 0.786. The Morgan fingerprint density at radius 3 is 2.62 bits per heavy atom. The fraction of sp³-hybridized carbons (Fsp3) is 0.111. The Morgan fingerprint density at radius 2 is 2.00 bits per heavy atom. The second-order valence-electron chi connectivity index (χ2n) is 2.30. The zero-order valence-electron chi connectivity index (χ0n) is 6.69. The average Bonchev–Trinajstić information content (AvgIpc) is 2.09. The van der Waals surface area contributed by atoms with Crippen molar-refractivity contribution in [3.63, 3.8) is 0 Å². The summed E-state index contributed by atoms with van der Waals surface area (Å²) in [6.07, 6.45) is 1.35. The molecule has 0 saturated heterocycles. The van der Waals surface area contributed by atoms with Gasteiger partial charge in [0.05, 0.1) is 0 Å². The van der Waals surface area contributed by atoms with Gasteiger partial charge in [0, 0.05) is 12.1 Å². The van der Waals surface area contributed by atoms with Gasteiger partial charge in [0.2, 0.25) is 5.82 Å². The summed E-state index contributed by atoms with van der Waals surface area (Å²) in [5.41, 5.74) is 0. The Labute approximate surface area is 73.4 Å². The van der Waals surface area contributed by atoms with Crippen molar-refractivity contribution in [1.29, 1.82) is 0 Å². The van der Waals surface area contributed by atoms with E-state index < -0.39 is 23.2 Å². The molecule has 0 atom stereocenters. The van der Waals surface area contributed by atoms with Gasteiger partial charge < -0.3 is 4.74 Å². The Kier molecular flexibility index (Phi) is 2.95. The van der Waals surface area contributed by atoms with E-state index in [4.69, 9.17) is 0 Å². The van der Waals surface area contributed by atoms with E-state index in [0.29, 0.717) is 6.07 Å². The molecular weight excluding hydrogens is 181 g/mol. The van der Waals surface area contributed by atoms with E-state index in [1.165, 1.54) is 6.08 Å². The lowest BCUT2D eigenvalue weighted by Gasteiger charge is -2.04. The number of rotatable bonds is 3. The predicted molar refractivity (Wildman–Crippen MR) is 42.0 cm³/mol. The van der Waals surface area contributed by atoms with E-state index in [0.717, 1.165) is 6.07 Å². The summed E-state index contributed by atoms with van der Waals surface area (Å²) in [5.74, 6) is -3.78. The van der Waals surface area contributed by atoms with Crippen molar-refractivity contribution in [1.82, 2.24) is 0 Å². The maximum Gasteiger partial charge on any atom is 0.200 e. The summed E-state index contributed by atoms with van der Waals surface area (Å²) < 4.78 is 42.5. The quantitative estimate of drug-likeness (QED) is 0.523. The van der Waals surface area contributed by atoms with Crippen LogP contribution in [0.2, 0.25) is 0 Å². The van der Waals surface area contributed by atoms with E-state index in [-0.39, 0.29) is 6.61 Å². The molecule has 70 valence electrons. The molecule has 0 aromatic heterocycles. The van der Waals surface area contributed by atoms with Crippen LogP contribution in [0.1, 0.15) is 0 Å². The molecule has 0 radical (unpaired) electrons. The molecular formula is C9H7F3O. The van der Waals surface area contributed by atoms with E-state index >= 15 is 0 Å². The first kappa shape index (κ1) is 9.64. The van der Waals surface area contributed by atoms with Crippen LogP contribution >= 0.6 is 0 Å². The van der Waals surface area contributed by atoms with Crippen LogP contribution in [0.15, 0.2) is 24.8 Å². The number of halogens is 3. The largest absolute Gasteiger partial charge is 0.486 e. The number of hydrogen-bond donors (Lipinski definition) is 0. The first-order valence-corrected chi connectivity index (χ1v) is 3.53.